The van der Waals surface area contributed by atoms with Crippen LogP contribution < -0.4 is 0 Å². The second-order valence-corrected chi connectivity index (χ2v) is 4.66. The normalized spacial score (nSPS) is 11.6. The molecule has 0 bridgehead atoms. The summed E-state index contributed by atoms with van der Waals surface area (Å²) >= 11 is 11.7. The molecule has 100 valence electrons. The van der Waals surface area contributed by atoms with E-state index in [0.29, 0.717) is 16.1 Å². The molecular weight excluding hydrogens is 296 g/mol. The summed E-state index contributed by atoms with van der Waals surface area (Å²) in [6.07, 6.45) is -4.39. The fourth-order valence-corrected chi connectivity index (χ4v) is 2.35. The van der Waals surface area contributed by atoms with Gasteiger partial charge in [0.1, 0.15) is 0 Å². The zero-order valence-corrected chi connectivity index (χ0v) is 11.2. The Labute approximate surface area is 118 Å². The number of benzene rings is 2. The van der Waals surface area contributed by atoms with E-state index in [0.717, 1.165) is 6.07 Å². The fourth-order valence-electron chi connectivity index (χ4n) is 1.81. The Morgan fingerprint density at radius 1 is 1.00 bits per heavy atom. The van der Waals surface area contributed by atoms with Crippen molar-refractivity contribution in [3.8, 4) is 11.1 Å². The summed E-state index contributed by atoms with van der Waals surface area (Å²) in [5.41, 5.74) is 0.547. The highest BCUT2D eigenvalue weighted by atomic mass is 35.5. The Balaban J connectivity index is 2.57. The van der Waals surface area contributed by atoms with Gasteiger partial charge >= 0.3 is 6.18 Å². The number of halogens is 5. The van der Waals surface area contributed by atoms with Gasteiger partial charge in [-0.05, 0) is 28.8 Å². The molecular formula is C14H9Cl2F3. The van der Waals surface area contributed by atoms with Crippen molar-refractivity contribution in [1.29, 1.82) is 0 Å². The zero-order valence-electron chi connectivity index (χ0n) is 9.64. The minimum atomic E-state index is -4.39. The molecule has 0 saturated carbocycles. The number of hydrogen-bond donors (Lipinski definition) is 0. The van der Waals surface area contributed by atoms with Crippen LogP contribution in [0.3, 0.4) is 0 Å². The van der Waals surface area contributed by atoms with Crippen LogP contribution >= 0.6 is 23.2 Å². The monoisotopic (exact) mass is 304 g/mol. The van der Waals surface area contributed by atoms with Crippen LogP contribution in [0.2, 0.25) is 5.02 Å². The van der Waals surface area contributed by atoms with Crippen molar-refractivity contribution in [3.63, 3.8) is 0 Å². The topological polar surface area (TPSA) is 0 Å². The highest BCUT2D eigenvalue weighted by molar-refractivity contribution is 6.32. The molecule has 0 aromatic heterocycles. The van der Waals surface area contributed by atoms with Crippen LogP contribution in [0.25, 0.3) is 11.1 Å². The summed E-state index contributed by atoms with van der Waals surface area (Å²) in [5.74, 6) is 0.222. The quantitative estimate of drug-likeness (QED) is 0.618. The van der Waals surface area contributed by atoms with Crippen molar-refractivity contribution in [1.82, 2.24) is 0 Å². The molecule has 2 aromatic carbocycles. The Morgan fingerprint density at radius 3 is 2.26 bits per heavy atom. The van der Waals surface area contributed by atoms with Crippen molar-refractivity contribution in [3.05, 3.63) is 58.6 Å². The fraction of sp³-hybridized carbons (Fsp3) is 0.143. The van der Waals surface area contributed by atoms with Crippen LogP contribution in [0.5, 0.6) is 0 Å². The Bertz CT molecular complexity index is 591. The molecule has 0 nitrogen and oxygen atoms in total. The SMILES string of the molecule is FC(F)(F)c1ccccc1-c1ccc(CCl)c(Cl)c1. The summed E-state index contributed by atoms with van der Waals surface area (Å²) in [5, 5.41) is 0.365. The van der Waals surface area contributed by atoms with Crippen molar-refractivity contribution in [2.45, 2.75) is 12.1 Å². The molecule has 0 heterocycles. The van der Waals surface area contributed by atoms with Gasteiger partial charge in [0.15, 0.2) is 0 Å². The second-order valence-electron chi connectivity index (χ2n) is 3.98. The maximum atomic E-state index is 12.9. The Kier molecular flexibility index (Phi) is 4.07. The first-order valence-electron chi connectivity index (χ1n) is 5.44. The number of hydrogen-bond acceptors (Lipinski definition) is 0. The van der Waals surface area contributed by atoms with Gasteiger partial charge in [0.25, 0.3) is 0 Å². The summed E-state index contributed by atoms with van der Waals surface area (Å²) in [4.78, 5) is 0. The molecule has 0 unspecified atom stereocenters. The average Bonchev–Trinajstić information content (AvgIpc) is 2.37. The maximum absolute atomic E-state index is 12.9. The van der Waals surface area contributed by atoms with E-state index in [2.05, 4.69) is 0 Å². The van der Waals surface area contributed by atoms with Gasteiger partial charge in [-0.3, -0.25) is 0 Å². The van der Waals surface area contributed by atoms with Crippen LogP contribution in [-0.4, -0.2) is 0 Å². The third-order valence-electron chi connectivity index (χ3n) is 2.74. The summed E-state index contributed by atoms with van der Waals surface area (Å²) in [7, 11) is 0. The molecule has 0 atom stereocenters. The van der Waals surface area contributed by atoms with Crippen LogP contribution in [0.4, 0.5) is 13.2 Å². The molecule has 0 fully saturated rings. The minimum Gasteiger partial charge on any atom is -0.166 e. The van der Waals surface area contributed by atoms with Gasteiger partial charge in [0.05, 0.1) is 5.56 Å². The Morgan fingerprint density at radius 2 is 1.68 bits per heavy atom. The zero-order chi connectivity index (χ0) is 14.0. The van der Waals surface area contributed by atoms with Crippen molar-refractivity contribution in [2.75, 3.05) is 0 Å². The molecule has 2 aromatic rings. The van der Waals surface area contributed by atoms with Crippen molar-refractivity contribution < 1.29 is 13.2 Å². The van der Waals surface area contributed by atoms with Gasteiger partial charge in [-0.2, -0.15) is 13.2 Å². The largest absolute Gasteiger partial charge is 0.417 e. The van der Waals surface area contributed by atoms with E-state index in [9.17, 15) is 13.2 Å². The third kappa shape index (κ3) is 3.04. The molecule has 0 aliphatic rings. The number of alkyl halides is 4. The summed E-state index contributed by atoms with van der Waals surface area (Å²) in [6, 6.07) is 10.1. The van der Waals surface area contributed by atoms with E-state index in [1.165, 1.54) is 18.2 Å². The van der Waals surface area contributed by atoms with Crippen LogP contribution in [0.1, 0.15) is 11.1 Å². The van der Waals surface area contributed by atoms with E-state index >= 15 is 0 Å². The maximum Gasteiger partial charge on any atom is 0.417 e. The highest BCUT2D eigenvalue weighted by Gasteiger charge is 2.33. The van der Waals surface area contributed by atoms with Gasteiger partial charge in [0.2, 0.25) is 0 Å². The molecule has 19 heavy (non-hydrogen) atoms. The highest BCUT2D eigenvalue weighted by Crippen LogP contribution is 2.37. The standard InChI is InChI=1S/C14H9Cl2F3/c15-8-10-6-5-9(7-13(10)16)11-3-1-2-4-12(11)14(17,18)19/h1-7H,8H2. The van der Waals surface area contributed by atoms with E-state index in [4.69, 9.17) is 23.2 Å². The summed E-state index contributed by atoms with van der Waals surface area (Å²) < 4.78 is 38.8. The average molecular weight is 305 g/mol. The predicted molar refractivity (Wildman–Crippen MR) is 71.4 cm³/mol. The smallest absolute Gasteiger partial charge is 0.166 e. The number of rotatable bonds is 2. The lowest BCUT2D eigenvalue weighted by Crippen LogP contribution is -2.06. The minimum absolute atomic E-state index is 0.109. The van der Waals surface area contributed by atoms with Crippen LogP contribution in [0, 0.1) is 0 Å². The van der Waals surface area contributed by atoms with E-state index < -0.39 is 11.7 Å². The molecule has 0 saturated heterocycles. The summed E-state index contributed by atoms with van der Waals surface area (Å²) in [6.45, 7) is 0. The van der Waals surface area contributed by atoms with Crippen molar-refractivity contribution in [2.24, 2.45) is 0 Å². The van der Waals surface area contributed by atoms with E-state index in [1.54, 1.807) is 18.2 Å². The molecule has 5 heteroatoms. The van der Waals surface area contributed by atoms with E-state index in [-0.39, 0.29) is 11.4 Å². The van der Waals surface area contributed by atoms with Crippen LogP contribution in [0.15, 0.2) is 42.5 Å². The molecule has 0 amide bonds. The first-order valence-corrected chi connectivity index (χ1v) is 6.35. The first-order chi connectivity index (χ1) is 8.93. The van der Waals surface area contributed by atoms with E-state index in [1.807, 2.05) is 0 Å². The van der Waals surface area contributed by atoms with Gasteiger partial charge < -0.3 is 0 Å². The molecule has 0 spiro atoms. The first kappa shape index (κ1) is 14.2. The molecule has 0 N–H and O–H groups in total. The van der Waals surface area contributed by atoms with Gasteiger partial charge in [-0.1, -0.05) is 41.9 Å². The van der Waals surface area contributed by atoms with Gasteiger partial charge in [0, 0.05) is 10.9 Å². The molecule has 0 aliphatic heterocycles. The lowest BCUT2D eigenvalue weighted by Gasteiger charge is -2.13. The van der Waals surface area contributed by atoms with Gasteiger partial charge in [-0.25, -0.2) is 0 Å². The lowest BCUT2D eigenvalue weighted by atomic mass is 9.98. The lowest BCUT2D eigenvalue weighted by molar-refractivity contribution is -0.137. The molecule has 0 radical (unpaired) electrons. The Hall–Kier alpha value is -1.19. The predicted octanol–water partition coefficient (Wildman–Crippen LogP) is 5.76. The molecule has 2 rings (SSSR count). The van der Waals surface area contributed by atoms with Gasteiger partial charge in [-0.15, -0.1) is 11.6 Å². The third-order valence-corrected chi connectivity index (χ3v) is 3.38. The second kappa shape index (κ2) is 5.43. The van der Waals surface area contributed by atoms with Crippen molar-refractivity contribution >= 4 is 23.2 Å². The molecule has 0 aliphatic carbocycles. The van der Waals surface area contributed by atoms with Crippen LogP contribution in [-0.2, 0) is 12.1 Å².